The fourth-order valence-electron chi connectivity index (χ4n) is 3.01. The molecule has 0 aliphatic carbocycles. The van der Waals surface area contributed by atoms with Crippen LogP contribution in [-0.2, 0) is 19.1 Å². The van der Waals surface area contributed by atoms with E-state index in [1.807, 2.05) is 32.0 Å². The lowest BCUT2D eigenvalue weighted by molar-refractivity contribution is -0.151. The summed E-state index contributed by atoms with van der Waals surface area (Å²) in [4.78, 5) is 38.0. The molecule has 0 radical (unpaired) electrons. The van der Waals surface area contributed by atoms with Crippen LogP contribution >= 0.6 is 0 Å². The summed E-state index contributed by atoms with van der Waals surface area (Å²) < 4.78 is 18.6. The number of esters is 1. The smallest absolute Gasteiger partial charge is 0.311 e. The van der Waals surface area contributed by atoms with Gasteiger partial charge in [-0.25, -0.2) is 4.39 Å². The first-order valence-electron chi connectivity index (χ1n) is 8.94. The minimum Gasteiger partial charge on any atom is -0.455 e. The highest BCUT2D eigenvalue weighted by atomic mass is 19.1. The van der Waals surface area contributed by atoms with Crippen molar-refractivity contribution in [3.63, 3.8) is 0 Å². The summed E-state index contributed by atoms with van der Waals surface area (Å²) in [6.07, 6.45) is 0.0285. The molecule has 0 saturated carbocycles. The van der Waals surface area contributed by atoms with Crippen molar-refractivity contribution in [3.05, 3.63) is 59.4 Å². The number of anilines is 2. The Hall–Kier alpha value is -3.22. The van der Waals surface area contributed by atoms with Crippen molar-refractivity contribution >= 4 is 29.2 Å². The summed E-state index contributed by atoms with van der Waals surface area (Å²) in [5, 5.41) is 2.34. The molecule has 1 saturated heterocycles. The Bertz CT molecular complexity index is 928. The van der Waals surface area contributed by atoms with E-state index in [1.165, 1.54) is 18.2 Å². The molecule has 2 aromatic carbocycles. The standard InChI is InChI=1S/C21H21FN2O4/c1-13-7-8-16(9-14(13)2)24-11-15(10-20(24)26)21(27)28-12-19(25)23-18-6-4-3-5-17(18)22/h3-9,15H,10-12H2,1-2H3,(H,23,25)/t15-/m0/s1. The fraction of sp³-hybridized carbons (Fsp3) is 0.286. The summed E-state index contributed by atoms with van der Waals surface area (Å²) in [5.74, 6) is -2.65. The molecule has 2 aromatic rings. The predicted molar refractivity (Wildman–Crippen MR) is 102 cm³/mol. The molecule has 28 heavy (non-hydrogen) atoms. The number of carbonyl (C=O) groups is 3. The van der Waals surface area contributed by atoms with Crippen molar-refractivity contribution in [1.29, 1.82) is 0 Å². The van der Waals surface area contributed by atoms with Crippen molar-refractivity contribution in [3.8, 4) is 0 Å². The molecule has 1 N–H and O–H groups in total. The van der Waals surface area contributed by atoms with E-state index in [9.17, 15) is 18.8 Å². The zero-order valence-electron chi connectivity index (χ0n) is 15.7. The lowest BCUT2D eigenvalue weighted by Crippen LogP contribution is -2.28. The van der Waals surface area contributed by atoms with E-state index in [-0.39, 0.29) is 24.6 Å². The van der Waals surface area contributed by atoms with Crippen molar-refractivity contribution < 1.29 is 23.5 Å². The van der Waals surface area contributed by atoms with Gasteiger partial charge in [0.25, 0.3) is 5.91 Å². The number of rotatable bonds is 5. The molecule has 3 rings (SSSR count). The van der Waals surface area contributed by atoms with Crippen LogP contribution in [0.3, 0.4) is 0 Å². The van der Waals surface area contributed by atoms with Crippen LogP contribution in [0, 0.1) is 25.6 Å². The maximum atomic E-state index is 13.5. The van der Waals surface area contributed by atoms with Crippen LogP contribution in [0.5, 0.6) is 0 Å². The Morgan fingerprint density at radius 3 is 2.64 bits per heavy atom. The van der Waals surface area contributed by atoms with Gasteiger partial charge < -0.3 is 15.0 Å². The maximum absolute atomic E-state index is 13.5. The van der Waals surface area contributed by atoms with Gasteiger partial charge in [0.1, 0.15) is 5.82 Å². The van der Waals surface area contributed by atoms with Gasteiger partial charge in [0.05, 0.1) is 11.6 Å². The number of hydrogen-bond donors (Lipinski definition) is 1. The molecule has 1 heterocycles. The van der Waals surface area contributed by atoms with Crippen molar-refractivity contribution in [1.82, 2.24) is 0 Å². The summed E-state index contributed by atoms with van der Waals surface area (Å²) >= 11 is 0. The van der Waals surface area contributed by atoms with Gasteiger partial charge in [-0.3, -0.25) is 14.4 Å². The van der Waals surface area contributed by atoms with Crippen LogP contribution < -0.4 is 10.2 Å². The third kappa shape index (κ3) is 4.36. The van der Waals surface area contributed by atoms with Gasteiger partial charge >= 0.3 is 5.97 Å². The van der Waals surface area contributed by atoms with Crippen molar-refractivity contribution in [2.45, 2.75) is 20.3 Å². The number of ether oxygens (including phenoxy) is 1. The van der Waals surface area contributed by atoms with Gasteiger partial charge in [0.2, 0.25) is 5.91 Å². The molecule has 7 heteroatoms. The van der Waals surface area contributed by atoms with Crippen LogP contribution in [0.2, 0.25) is 0 Å². The maximum Gasteiger partial charge on any atom is 0.311 e. The summed E-state index contributed by atoms with van der Waals surface area (Å²) in [6.45, 7) is 3.60. The van der Waals surface area contributed by atoms with Gasteiger partial charge in [-0.05, 0) is 49.2 Å². The molecule has 0 aromatic heterocycles. The fourth-order valence-corrected chi connectivity index (χ4v) is 3.01. The van der Waals surface area contributed by atoms with Gasteiger partial charge in [-0.2, -0.15) is 0 Å². The molecule has 6 nitrogen and oxygen atoms in total. The molecule has 1 fully saturated rings. The predicted octanol–water partition coefficient (Wildman–Crippen LogP) is 2.98. The van der Waals surface area contributed by atoms with E-state index in [4.69, 9.17) is 4.74 Å². The van der Waals surface area contributed by atoms with Gasteiger partial charge in [0.15, 0.2) is 6.61 Å². The molecular formula is C21H21FN2O4. The van der Waals surface area contributed by atoms with Crippen LogP contribution in [0.4, 0.5) is 15.8 Å². The molecule has 1 atom stereocenters. The first kappa shape index (κ1) is 19.5. The van der Waals surface area contributed by atoms with E-state index >= 15 is 0 Å². The molecule has 146 valence electrons. The second kappa shape index (κ2) is 8.21. The minimum absolute atomic E-state index is 0.0144. The number of nitrogens with one attached hydrogen (secondary N) is 1. The van der Waals surface area contributed by atoms with Crippen LogP contribution in [0.15, 0.2) is 42.5 Å². The minimum atomic E-state index is -0.645. The first-order chi connectivity index (χ1) is 13.3. The Balaban J connectivity index is 1.55. The first-order valence-corrected chi connectivity index (χ1v) is 8.94. The molecule has 1 aliphatic heterocycles. The van der Waals surface area contributed by atoms with Crippen LogP contribution in [-0.4, -0.2) is 30.9 Å². The second-order valence-electron chi connectivity index (χ2n) is 6.81. The second-order valence-corrected chi connectivity index (χ2v) is 6.81. The van der Waals surface area contributed by atoms with Crippen LogP contribution in [0.1, 0.15) is 17.5 Å². The molecule has 2 amide bonds. The highest BCUT2D eigenvalue weighted by Gasteiger charge is 2.36. The number of carbonyl (C=O) groups excluding carboxylic acids is 3. The summed E-state index contributed by atoms with van der Waals surface area (Å²) in [5.41, 5.74) is 2.93. The van der Waals surface area contributed by atoms with Gasteiger partial charge in [-0.1, -0.05) is 18.2 Å². The molecular weight excluding hydrogens is 363 g/mol. The van der Waals surface area contributed by atoms with E-state index in [2.05, 4.69) is 5.32 Å². The number of benzene rings is 2. The summed E-state index contributed by atoms with van der Waals surface area (Å²) in [7, 11) is 0. The van der Waals surface area contributed by atoms with Crippen molar-refractivity contribution in [2.75, 3.05) is 23.4 Å². The number of hydrogen-bond acceptors (Lipinski definition) is 4. The van der Waals surface area contributed by atoms with Crippen molar-refractivity contribution in [2.24, 2.45) is 5.92 Å². The van der Waals surface area contributed by atoms with E-state index in [0.717, 1.165) is 16.8 Å². The quantitative estimate of drug-likeness (QED) is 0.804. The van der Waals surface area contributed by atoms with E-state index in [0.29, 0.717) is 0 Å². The van der Waals surface area contributed by atoms with E-state index in [1.54, 1.807) is 11.0 Å². The zero-order valence-corrected chi connectivity index (χ0v) is 15.7. The molecule has 0 bridgehead atoms. The Labute approximate surface area is 162 Å². The number of aryl methyl sites for hydroxylation is 2. The highest BCUT2D eigenvalue weighted by molar-refractivity contribution is 6.00. The number of para-hydroxylation sites is 1. The molecule has 1 aliphatic rings. The average molecular weight is 384 g/mol. The lowest BCUT2D eigenvalue weighted by Gasteiger charge is -2.17. The average Bonchev–Trinajstić information content (AvgIpc) is 3.06. The molecule has 0 spiro atoms. The Morgan fingerprint density at radius 2 is 1.93 bits per heavy atom. The zero-order chi connectivity index (χ0) is 20.3. The van der Waals surface area contributed by atoms with E-state index < -0.39 is 30.2 Å². The number of amides is 2. The highest BCUT2D eigenvalue weighted by Crippen LogP contribution is 2.27. The monoisotopic (exact) mass is 384 g/mol. The number of halogens is 1. The normalized spacial score (nSPS) is 16.2. The Kier molecular flexibility index (Phi) is 5.73. The summed E-state index contributed by atoms with van der Waals surface area (Å²) in [6, 6.07) is 11.4. The van der Waals surface area contributed by atoms with Gasteiger partial charge in [0, 0.05) is 18.7 Å². The Morgan fingerprint density at radius 1 is 1.18 bits per heavy atom. The molecule has 0 unspecified atom stereocenters. The lowest BCUT2D eigenvalue weighted by atomic mass is 10.1. The number of nitrogens with zero attached hydrogens (tertiary/aromatic N) is 1. The SMILES string of the molecule is Cc1ccc(N2C[C@@H](C(=O)OCC(=O)Nc3ccccc3F)CC2=O)cc1C. The third-order valence-corrected chi connectivity index (χ3v) is 4.75. The van der Waals surface area contributed by atoms with Gasteiger partial charge in [-0.15, -0.1) is 0 Å². The third-order valence-electron chi connectivity index (χ3n) is 4.75. The topological polar surface area (TPSA) is 75.7 Å². The largest absolute Gasteiger partial charge is 0.455 e. The van der Waals surface area contributed by atoms with Crippen LogP contribution in [0.25, 0.3) is 0 Å².